The molecule has 0 amide bonds. The second-order valence-electron chi connectivity index (χ2n) is 5.68. The maximum Gasteiger partial charge on any atom is 0.306 e. The molecule has 19 heavy (non-hydrogen) atoms. The molecule has 0 aliphatic carbocycles. The van der Waals surface area contributed by atoms with Gasteiger partial charge in [-0.1, -0.05) is 26.0 Å². The summed E-state index contributed by atoms with van der Waals surface area (Å²) in [6, 6.07) is 7.64. The van der Waals surface area contributed by atoms with Crippen LogP contribution in [0.5, 0.6) is 5.75 Å². The van der Waals surface area contributed by atoms with Crippen LogP contribution in [0.3, 0.4) is 0 Å². The number of carbonyl (C=O) groups is 1. The fraction of sp³-hybridized carbons (Fsp3) is 0.533. The molecular formula is C15H20O4. The van der Waals surface area contributed by atoms with Gasteiger partial charge in [-0.2, -0.15) is 0 Å². The molecule has 1 fully saturated rings. The van der Waals surface area contributed by atoms with E-state index in [1.165, 1.54) is 0 Å². The zero-order chi connectivity index (χ0) is 13.9. The van der Waals surface area contributed by atoms with E-state index in [0.29, 0.717) is 13.0 Å². The van der Waals surface area contributed by atoms with Crippen molar-refractivity contribution in [3.05, 3.63) is 29.8 Å². The minimum Gasteiger partial charge on any atom is -0.493 e. The second-order valence-corrected chi connectivity index (χ2v) is 5.68. The van der Waals surface area contributed by atoms with Crippen molar-refractivity contribution in [1.82, 2.24) is 0 Å². The van der Waals surface area contributed by atoms with Gasteiger partial charge in [0.15, 0.2) is 0 Å². The molecule has 1 aliphatic heterocycles. The minimum absolute atomic E-state index is 0.135. The lowest BCUT2D eigenvalue weighted by Gasteiger charge is -2.37. The van der Waals surface area contributed by atoms with E-state index in [4.69, 9.17) is 14.6 Å². The van der Waals surface area contributed by atoms with Gasteiger partial charge in [-0.05, 0) is 24.1 Å². The van der Waals surface area contributed by atoms with E-state index in [1.54, 1.807) is 6.92 Å². The molecule has 1 unspecified atom stereocenters. The fourth-order valence-corrected chi connectivity index (χ4v) is 1.95. The molecule has 4 nitrogen and oxygen atoms in total. The van der Waals surface area contributed by atoms with Gasteiger partial charge in [0.1, 0.15) is 5.75 Å². The second kappa shape index (κ2) is 5.61. The number of carboxylic acids is 1. The highest BCUT2D eigenvalue weighted by atomic mass is 16.5. The van der Waals surface area contributed by atoms with Crippen molar-refractivity contribution in [3.8, 4) is 5.75 Å². The molecule has 1 heterocycles. The topological polar surface area (TPSA) is 55.8 Å². The standard InChI is InChI=1S/C15H20O4/c1-11(14(16)17)7-12-3-5-13(6-4-12)19-10-15(2)8-18-9-15/h3-6,11H,7-10H2,1-2H3,(H,16,17). The van der Waals surface area contributed by atoms with Crippen molar-refractivity contribution in [2.75, 3.05) is 19.8 Å². The first kappa shape index (κ1) is 13.9. The van der Waals surface area contributed by atoms with Crippen LogP contribution < -0.4 is 4.74 Å². The predicted octanol–water partition coefficient (Wildman–Crippen LogP) is 2.37. The van der Waals surface area contributed by atoms with Crippen LogP contribution in [-0.2, 0) is 16.0 Å². The summed E-state index contributed by atoms with van der Waals surface area (Å²) in [5.74, 6) is -0.309. The molecule has 1 N–H and O–H groups in total. The van der Waals surface area contributed by atoms with E-state index < -0.39 is 5.97 Å². The summed E-state index contributed by atoms with van der Waals surface area (Å²) in [6.07, 6.45) is 0.543. The molecular weight excluding hydrogens is 244 g/mol. The summed E-state index contributed by atoms with van der Waals surface area (Å²) in [6.45, 7) is 6.00. The lowest BCUT2D eigenvalue weighted by atomic mass is 9.90. The Morgan fingerprint density at radius 3 is 2.53 bits per heavy atom. The van der Waals surface area contributed by atoms with E-state index in [2.05, 4.69) is 6.92 Å². The van der Waals surface area contributed by atoms with Crippen molar-refractivity contribution in [3.63, 3.8) is 0 Å². The van der Waals surface area contributed by atoms with E-state index in [1.807, 2.05) is 24.3 Å². The predicted molar refractivity (Wildman–Crippen MR) is 71.4 cm³/mol. The van der Waals surface area contributed by atoms with Crippen molar-refractivity contribution >= 4 is 5.97 Å². The third-order valence-corrected chi connectivity index (χ3v) is 3.38. The number of hydrogen-bond donors (Lipinski definition) is 1. The third kappa shape index (κ3) is 3.70. The van der Waals surface area contributed by atoms with Crippen LogP contribution in [0.25, 0.3) is 0 Å². The molecule has 1 aromatic carbocycles. The first-order chi connectivity index (χ1) is 8.98. The van der Waals surface area contributed by atoms with Crippen molar-refractivity contribution < 1.29 is 19.4 Å². The molecule has 1 aliphatic rings. The van der Waals surface area contributed by atoms with Crippen LogP contribution in [0.4, 0.5) is 0 Å². The van der Waals surface area contributed by atoms with Crippen molar-refractivity contribution in [2.45, 2.75) is 20.3 Å². The molecule has 1 atom stereocenters. The smallest absolute Gasteiger partial charge is 0.306 e. The van der Waals surface area contributed by atoms with Gasteiger partial charge < -0.3 is 14.6 Å². The maximum absolute atomic E-state index is 10.8. The van der Waals surface area contributed by atoms with E-state index in [0.717, 1.165) is 24.5 Å². The van der Waals surface area contributed by atoms with E-state index in [9.17, 15) is 4.79 Å². The minimum atomic E-state index is -0.766. The number of rotatable bonds is 6. The largest absolute Gasteiger partial charge is 0.493 e. The van der Waals surface area contributed by atoms with Gasteiger partial charge >= 0.3 is 5.97 Å². The van der Waals surface area contributed by atoms with Crippen LogP contribution >= 0.6 is 0 Å². The van der Waals surface area contributed by atoms with Crippen LogP contribution in [0.1, 0.15) is 19.4 Å². The van der Waals surface area contributed by atoms with Crippen molar-refractivity contribution in [2.24, 2.45) is 11.3 Å². The number of hydrogen-bond acceptors (Lipinski definition) is 3. The van der Waals surface area contributed by atoms with E-state index >= 15 is 0 Å². The average molecular weight is 264 g/mol. The molecule has 1 saturated heterocycles. The zero-order valence-electron chi connectivity index (χ0n) is 11.4. The summed E-state index contributed by atoms with van der Waals surface area (Å²) >= 11 is 0. The highest BCUT2D eigenvalue weighted by Crippen LogP contribution is 2.27. The van der Waals surface area contributed by atoms with Crippen LogP contribution in [0.15, 0.2) is 24.3 Å². The van der Waals surface area contributed by atoms with Gasteiger partial charge in [0, 0.05) is 5.41 Å². The lowest BCUT2D eigenvalue weighted by molar-refractivity contribution is -0.141. The lowest BCUT2D eigenvalue weighted by Crippen LogP contribution is -2.44. The number of ether oxygens (including phenoxy) is 2. The Morgan fingerprint density at radius 2 is 2.05 bits per heavy atom. The molecule has 0 bridgehead atoms. The van der Waals surface area contributed by atoms with Gasteiger partial charge in [0.2, 0.25) is 0 Å². The Hall–Kier alpha value is -1.55. The summed E-state index contributed by atoms with van der Waals surface area (Å²) < 4.78 is 10.9. The van der Waals surface area contributed by atoms with Crippen LogP contribution in [-0.4, -0.2) is 30.9 Å². The SMILES string of the molecule is CC(Cc1ccc(OCC2(C)COC2)cc1)C(=O)O. The summed E-state index contributed by atoms with van der Waals surface area (Å²) in [5.41, 5.74) is 1.15. The molecule has 2 rings (SSSR count). The molecule has 1 aromatic rings. The number of aliphatic carboxylic acids is 1. The summed E-state index contributed by atoms with van der Waals surface area (Å²) in [4.78, 5) is 10.8. The fourth-order valence-electron chi connectivity index (χ4n) is 1.95. The highest BCUT2D eigenvalue weighted by molar-refractivity contribution is 5.69. The third-order valence-electron chi connectivity index (χ3n) is 3.38. The van der Waals surface area contributed by atoms with Crippen LogP contribution in [0.2, 0.25) is 0 Å². The summed E-state index contributed by atoms with van der Waals surface area (Å²) in [7, 11) is 0. The van der Waals surface area contributed by atoms with Gasteiger partial charge in [-0.15, -0.1) is 0 Å². The molecule has 0 spiro atoms. The maximum atomic E-state index is 10.8. The molecule has 0 radical (unpaired) electrons. The monoisotopic (exact) mass is 264 g/mol. The van der Waals surface area contributed by atoms with Gasteiger partial charge in [0.05, 0.1) is 25.7 Å². The first-order valence-corrected chi connectivity index (χ1v) is 6.51. The first-order valence-electron chi connectivity index (χ1n) is 6.51. The highest BCUT2D eigenvalue weighted by Gasteiger charge is 2.34. The van der Waals surface area contributed by atoms with Crippen LogP contribution in [0, 0.1) is 11.3 Å². The Labute approximate surface area is 113 Å². The van der Waals surface area contributed by atoms with Crippen molar-refractivity contribution in [1.29, 1.82) is 0 Å². The Bertz CT molecular complexity index is 434. The van der Waals surface area contributed by atoms with Gasteiger partial charge in [-0.3, -0.25) is 4.79 Å². The number of benzene rings is 1. The Morgan fingerprint density at radius 1 is 1.42 bits per heavy atom. The Balaban J connectivity index is 1.85. The molecule has 0 aromatic heterocycles. The van der Waals surface area contributed by atoms with Gasteiger partial charge in [-0.25, -0.2) is 0 Å². The number of carboxylic acid groups (broad SMARTS) is 1. The molecule has 4 heteroatoms. The average Bonchev–Trinajstić information content (AvgIpc) is 2.35. The zero-order valence-corrected chi connectivity index (χ0v) is 11.4. The summed E-state index contributed by atoms with van der Waals surface area (Å²) in [5, 5.41) is 8.87. The Kier molecular flexibility index (Phi) is 4.10. The van der Waals surface area contributed by atoms with Gasteiger partial charge in [0.25, 0.3) is 0 Å². The van der Waals surface area contributed by atoms with E-state index in [-0.39, 0.29) is 11.3 Å². The normalized spacial score (nSPS) is 18.4. The molecule has 0 saturated carbocycles. The molecule has 104 valence electrons. The quantitative estimate of drug-likeness (QED) is 0.857.